The first-order chi connectivity index (χ1) is 10.0. The fraction of sp³-hybridized carbons (Fsp3) is 1.00. The van der Waals surface area contributed by atoms with Crippen LogP contribution in [0.25, 0.3) is 0 Å². The van der Waals surface area contributed by atoms with E-state index in [4.69, 9.17) is 0 Å². The minimum atomic E-state index is -3.31. The molecule has 0 amide bonds. The molecule has 1 N–H and O–H groups in total. The van der Waals surface area contributed by atoms with Crippen LogP contribution in [-0.4, -0.2) is 55.8 Å². The van der Waals surface area contributed by atoms with Crippen molar-refractivity contribution in [2.75, 3.05) is 32.7 Å². The van der Waals surface area contributed by atoms with Gasteiger partial charge in [0.05, 0.1) is 0 Å². The molecule has 2 aliphatic rings. The molecule has 0 radical (unpaired) electrons. The third-order valence-electron chi connectivity index (χ3n) is 4.60. The Kier molecular flexibility index (Phi) is 6.47. The highest BCUT2D eigenvalue weighted by atomic mass is 32.2. The largest absolute Gasteiger partial charge is 0.316 e. The summed E-state index contributed by atoms with van der Waals surface area (Å²) in [5.41, 5.74) is 0. The molecule has 0 saturated carbocycles. The van der Waals surface area contributed by atoms with Crippen molar-refractivity contribution in [2.45, 2.75) is 58.4 Å². The Hall–Kier alpha value is -0.170. The first-order valence-electron chi connectivity index (χ1n) is 8.49. The smallest absolute Gasteiger partial charge is 0.282 e. The topological polar surface area (TPSA) is 52.7 Å². The van der Waals surface area contributed by atoms with Crippen LogP contribution in [0.4, 0.5) is 0 Å². The lowest BCUT2D eigenvalue weighted by atomic mass is 9.99. The van der Waals surface area contributed by atoms with E-state index in [-0.39, 0.29) is 6.04 Å². The maximum atomic E-state index is 13.0. The Morgan fingerprint density at radius 1 is 1.14 bits per heavy atom. The van der Waals surface area contributed by atoms with Crippen LogP contribution in [0.2, 0.25) is 0 Å². The van der Waals surface area contributed by atoms with Crippen LogP contribution in [0.5, 0.6) is 0 Å². The monoisotopic (exact) mass is 317 g/mol. The van der Waals surface area contributed by atoms with E-state index in [1.165, 1.54) is 0 Å². The summed E-state index contributed by atoms with van der Waals surface area (Å²) in [6.07, 6.45) is 6.58. The second-order valence-electron chi connectivity index (χ2n) is 6.70. The molecule has 0 aromatic carbocycles. The molecule has 2 heterocycles. The van der Waals surface area contributed by atoms with E-state index in [9.17, 15) is 8.42 Å². The summed E-state index contributed by atoms with van der Waals surface area (Å²) in [4.78, 5) is 0. The van der Waals surface area contributed by atoms with E-state index in [1.54, 1.807) is 8.61 Å². The third-order valence-corrected chi connectivity index (χ3v) is 6.78. The predicted octanol–water partition coefficient (Wildman–Crippen LogP) is 1.82. The van der Waals surface area contributed by atoms with E-state index in [0.717, 1.165) is 51.6 Å². The first kappa shape index (κ1) is 17.2. The summed E-state index contributed by atoms with van der Waals surface area (Å²) < 4.78 is 29.4. The minimum Gasteiger partial charge on any atom is -0.316 e. The van der Waals surface area contributed by atoms with Crippen LogP contribution in [0.3, 0.4) is 0 Å². The van der Waals surface area contributed by atoms with Crippen molar-refractivity contribution >= 4 is 10.2 Å². The summed E-state index contributed by atoms with van der Waals surface area (Å²) in [7, 11) is -3.31. The zero-order valence-electron chi connectivity index (χ0n) is 13.6. The number of nitrogens with zero attached hydrogens (tertiary/aromatic N) is 2. The molecule has 5 nitrogen and oxygen atoms in total. The summed E-state index contributed by atoms with van der Waals surface area (Å²) in [5.74, 6) is 0.447. The lowest BCUT2D eigenvalue weighted by Crippen LogP contribution is -2.50. The van der Waals surface area contributed by atoms with E-state index >= 15 is 0 Å². The minimum absolute atomic E-state index is 0.0279. The van der Waals surface area contributed by atoms with Crippen LogP contribution in [0, 0.1) is 5.92 Å². The first-order valence-corrected chi connectivity index (χ1v) is 9.89. The van der Waals surface area contributed by atoms with Gasteiger partial charge in [-0.2, -0.15) is 17.0 Å². The average Bonchev–Trinajstić information content (AvgIpc) is 2.75. The molecule has 21 heavy (non-hydrogen) atoms. The highest BCUT2D eigenvalue weighted by Crippen LogP contribution is 2.21. The molecule has 0 spiro atoms. The Labute approximate surface area is 130 Å². The zero-order valence-corrected chi connectivity index (χ0v) is 14.4. The second kappa shape index (κ2) is 7.90. The molecule has 1 atom stereocenters. The number of nitrogens with one attached hydrogen (secondary N) is 1. The lowest BCUT2D eigenvalue weighted by molar-refractivity contribution is 0.245. The average molecular weight is 317 g/mol. The van der Waals surface area contributed by atoms with Gasteiger partial charge >= 0.3 is 0 Å². The Morgan fingerprint density at radius 3 is 2.33 bits per heavy atom. The van der Waals surface area contributed by atoms with Gasteiger partial charge in [-0.3, -0.25) is 0 Å². The summed E-state index contributed by atoms with van der Waals surface area (Å²) in [5, 5.41) is 3.39. The Bertz CT molecular complexity index is 397. The maximum absolute atomic E-state index is 13.0. The molecule has 0 aromatic heterocycles. The highest BCUT2D eigenvalue weighted by molar-refractivity contribution is 7.86. The molecule has 0 aliphatic carbocycles. The Balaban J connectivity index is 2.07. The number of rotatable bonds is 5. The standard InChI is InChI=1S/C15H31N3O2S/c1-14(2)18(13-15-8-7-9-16-12-15)21(19,20)17-10-5-3-4-6-11-17/h14-16H,3-13H2,1-2H3. The molecule has 2 rings (SSSR count). The van der Waals surface area contributed by atoms with Gasteiger partial charge in [0.2, 0.25) is 0 Å². The van der Waals surface area contributed by atoms with Crippen LogP contribution in [0.1, 0.15) is 52.4 Å². The number of piperidine rings is 1. The molecule has 2 fully saturated rings. The van der Waals surface area contributed by atoms with Crippen molar-refractivity contribution < 1.29 is 8.42 Å². The van der Waals surface area contributed by atoms with Gasteiger partial charge in [0.15, 0.2) is 0 Å². The zero-order chi connectivity index (χ0) is 15.3. The summed E-state index contributed by atoms with van der Waals surface area (Å²) >= 11 is 0. The molecule has 6 heteroatoms. The van der Waals surface area contributed by atoms with Crippen LogP contribution in [0.15, 0.2) is 0 Å². The van der Waals surface area contributed by atoms with Crippen molar-refractivity contribution in [3.63, 3.8) is 0 Å². The van der Waals surface area contributed by atoms with Crippen LogP contribution >= 0.6 is 0 Å². The molecular weight excluding hydrogens is 286 g/mol. The predicted molar refractivity (Wildman–Crippen MR) is 86.4 cm³/mol. The van der Waals surface area contributed by atoms with Gasteiger partial charge in [0.25, 0.3) is 10.2 Å². The second-order valence-corrected chi connectivity index (χ2v) is 8.58. The Morgan fingerprint density at radius 2 is 1.81 bits per heavy atom. The molecule has 0 aromatic rings. The van der Waals surface area contributed by atoms with E-state index in [0.29, 0.717) is 25.6 Å². The van der Waals surface area contributed by atoms with Gasteiger partial charge in [0, 0.05) is 25.7 Å². The molecule has 1 unspecified atom stereocenters. The van der Waals surface area contributed by atoms with Gasteiger partial charge in [-0.15, -0.1) is 0 Å². The van der Waals surface area contributed by atoms with Crippen molar-refractivity contribution in [2.24, 2.45) is 5.92 Å². The quantitative estimate of drug-likeness (QED) is 0.841. The lowest BCUT2D eigenvalue weighted by Gasteiger charge is -2.35. The normalized spacial score (nSPS) is 26.2. The van der Waals surface area contributed by atoms with E-state index < -0.39 is 10.2 Å². The van der Waals surface area contributed by atoms with Crippen LogP contribution < -0.4 is 5.32 Å². The summed E-state index contributed by atoms with van der Waals surface area (Å²) in [6.45, 7) is 8.03. The fourth-order valence-corrected chi connectivity index (χ4v) is 5.27. The fourth-order valence-electron chi connectivity index (χ4n) is 3.33. The van der Waals surface area contributed by atoms with E-state index in [2.05, 4.69) is 5.32 Å². The molecule has 2 aliphatic heterocycles. The number of hydrogen-bond acceptors (Lipinski definition) is 3. The highest BCUT2D eigenvalue weighted by Gasteiger charge is 2.33. The van der Waals surface area contributed by atoms with Gasteiger partial charge in [-0.05, 0) is 58.5 Å². The van der Waals surface area contributed by atoms with Crippen LogP contribution in [-0.2, 0) is 10.2 Å². The maximum Gasteiger partial charge on any atom is 0.282 e. The SMILES string of the molecule is CC(C)N(CC1CCCNC1)S(=O)(=O)N1CCCCCC1. The molecular formula is C15H31N3O2S. The van der Waals surface area contributed by atoms with Gasteiger partial charge in [0.1, 0.15) is 0 Å². The van der Waals surface area contributed by atoms with Gasteiger partial charge in [-0.1, -0.05) is 12.8 Å². The molecule has 2 saturated heterocycles. The number of hydrogen-bond donors (Lipinski definition) is 1. The van der Waals surface area contributed by atoms with Crippen molar-refractivity contribution in [3.05, 3.63) is 0 Å². The van der Waals surface area contributed by atoms with Crippen molar-refractivity contribution in [1.82, 2.24) is 13.9 Å². The van der Waals surface area contributed by atoms with Gasteiger partial charge < -0.3 is 5.32 Å². The van der Waals surface area contributed by atoms with E-state index in [1.807, 2.05) is 13.8 Å². The molecule has 124 valence electrons. The van der Waals surface area contributed by atoms with Crippen molar-refractivity contribution in [3.8, 4) is 0 Å². The molecule has 0 bridgehead atoms. The van der Waals surface area contributed by atoms with Crippen molar-refractivity contribution in [1.29, 1.82) is 0 Å². The third kappa shape index (κ3) is 4.65. The summed E-state index contributed by atoms with van der Waals surface area (Å²) in [6, 6.07) is 0.0279. The van der Waals surface area contributed by atoms with Gasteiger partial charge in [-0.25, -0.2) is 0 Å².